The van der Waals surface area contributed by atoms with Gasteiger partial charge in [0.15, 0.2) is 5.16 Å². The van der Waals surface area contributed by atoms with Crippen molar-refractivity contribution in [1.29, 1.82) is 0 Å². The first-order valence-corrected chi connectivity index (χ1v) is 10.9. The fraction of sp³-hybridized carbons (Fsp3) is 0.438. The molecule has 3 N–H and O–H groups in total. The number of nitrogens with one attached hydrogen (secondary N) is 1. The standard InChI is InChI=1S/C16H21N5O3S2/c1-11-6-7-12(9-13(11)26(17,23)24)18-15(22)10-25-16-20-19-14-5-3-2-4-8-21(14)16/h6-7,9H,2-5,8,10H2,1H3,(H,18,22)(H2,17,23,24). The van der Waals surface area contributed by atoms with Crippen LogP contribution in [-0.4, -0.2) is 34.8 Å². The van der Waals surface area contributed by atoms with Gasteiger partial charge in [-0.05, 0) is 37.5 Å². The number of rotatable bonds is 5. The first-order valence-electron chi connectivity index (χ1n) is 8.33. The Hall–Kier alpha value is -1.91. The van der Waals surface area contributed by atoms with Crippen LogP contribution in [0.15, 0.2) is 28.3 Å². The Bertz CT molecular complexity index is 924. The Balaban J connectivity index is 1.64. The number of nitrogens with zero attached hydrogens (tertiary/aromatic N) is 3. The summed E-state index contributed by atoms with van der Waals surface area (Å²) < 4.78 is 25.2. The van der Waals surface area contributed by atoms with E-state index in [0.29, 0.717) is 11.3 Å². The van der Waals surface area contributed by atoms with Gasteiger partial charge in [0.05, 0.1) is 10.6 Å². The van der Waals surface area contributed by atoms with Crippen LogP contribution >= 0.6 is 11.8 Å². The highest BCUT2D eigenvalue weighted by molar-refractivity contribution is 7.99. The van der Waals surface area contributed by atoms with E-state index in [1.807, 2.05) is 0 Å². The number of sulfonamides is 1. The van der Waals surface area contributed by atoms with Crippen LogP contribution in [-0.2, 0) is 27.8 Å². The molecule has 26 heavy (non-hydrogen) atoms. The Morgan fingerprint density at radius 3 is 2.88 bits per heavy atom. The maximum atomic E-state index is 12.2. The van der Waals surface area contributed by atoms with Crippen molar-refractivity contribution < 1.29 is 13.2 Å². The molecule has 0 saturated carbocycles. The van der Waals surface area contributed by atoms with E-state index in [4.69, 9.17) is 5.14 Å². The zero-order valence-corrected chi connectivity index (χ0v) is 16.1. The summed E-state index contributed by atoms with van der Waals surface area (Å²) in [5, 5.41) is 17.0. The zero-order chi connectivity index (χ0) is 18.7. The maximum absolute atomic E-state index is 12.2. The van der Waals surface area contributed by atoms with Gasteiger partial charge < -0.3 is 9.88 Å². The lowest BCUT2D eigenvalue weighted by Crippen LogP contribution is -2.17. The van der Waals surface area contributed by atoms with Gasteiger partial charge in [-0.25, -0.2) is 13.6 Å². The highest BCUT2D eigenvalue weighted by atomic mass is 32.2. The smallest absolute Gasteiger partial charge is 0.238 e. The average molecular weight is 396 g/mol. The highest BCUT2D eigenvalue weighted by Crippen LogP contribution is 2.23. The van der Waals surface area contributed by atoms with Gasteiger partial charge in [-0.15, -0.1) is 10.2 Å². The minimum Gasteiger partial charge on any atom is -0.325 e. The topological polar surface area (TPSA) is 120 Å². The molecule has 2 aromatic rings. The van der Waals surface area contributed by atoms with Gasteiger partial charge in [0.2, 0.25) is 15.9 Å². The van der Waals surface area contributed by atoms with Crippen LogP contribution in [0.2, 0.25) is 0 Å². The fourth-order valence-electron chi connectivity index (χ4n) is 2.88. The minimum atomic E-state index is -3.83. The number of primary sulfonamides is 1. The molecule has 0 fully saturated rings. The van der Waals surface area contributed by atoms with Gasteiger partial charge in [0.25, 0.3) is 0 Å². The molecule has 0 saturated heterocycles. The minimum absolute atomic E-state index is 0.00531. The number of hydrogen-bond acceptors (Lipinski definition) is 6. The summed E-state index contributed by atoms with van der Waals surface area (Å²) >= 11 is 1.33. The van der Waals surface area contributed by atoms with Crippen molar-refractivity contribution in [2.75, 3.05) is 11.1 Å². The van der Waals surface area contributed by atoms with Crippen LogP contribution in [0.1, 0.15) is 30.7 Å². The fourth-order valence-corrected chi connectivity index (χ4v) is 4.47. The number of hydrogen-bond donors (Lipinski definition) is 2. The third kappa shape index (κ3) is 4.43. The SMILES string of the molecule is Cc1ccc(NC(=O)CSc2nnc3n2CCCCC3)cc1S(N)(=O)=O. The summed E-state index contributed by atoms with van der Waals surface area (Å²) in [4.78, 5) is 12.2. The highest BCUT2D eigenvalue weighted by Gasteiger charge is 2.17. The summed E-state index contributed by atoms with van der Waals surface area (Å²) in [6, 6.07) is 4.63. The number of amides is 1. The van der Waals surface area contributed by atoms with E-state index in [1.165, 1.54) is 24.2 Å². The number of aromatic nitrogens is 3. The van der Waals surface area contributed by atoms with Gasteiger partial charge >= 0.3 is 0 Å². The van der Waals surface area contributed by atoms with Gasteiger partial charge in [0.1, 0.15) is 5.82 Å². The van der Waals surface area contributed by atoms with Crippen LogP contribution < -0.4 is 10.5 Å². The molecule has 0 radical (unpaired) electrons. The Labute approximate surface area is 156 Å². The summed E-state index contributed by atoms with van der Waals surface area (Å²) in [5.74, 6) is 0.892. The van der Waals surface area contributed by atoms with Gasteiger partial charge in [-0.3, -0.25) is 4.79 Å². The molecule has 0 unspecified atom stereocenters. The Morgan fingerprint density at radius 1 is 1.31 bits per heavy atom. The van der Waals surface area contributed by atoms with Crippen LogP contribution in [0, 0.1) is 6.92 Å². The predicted octanol–water partition coefficient (Wildman–Crippen LogP) is 1.69. The molecular formula is C16H21N5O3S2. The van der Waals surface area contributed by atoms with E-state index in [1.54, 1.807) is 19.1 Å². The van der Waals surface area contributed by atoms with Crippen molar-refractivity contribution in [1.82, 2.24) is 14.8 Å². The van der Waals surface area contributed by atoms with E-state index >= 15 is 0 Å². The molecule has 1 aliphatic rings. The molecule has 0 bridgehead atoms. The van der Waals surface area contributed by atoms with E-state index in [2.05, 4.69) is 20.1 Å². The molecule has 3 rings (SSSR count). The van der Waals surface area contributed by atoms with Crippen molar-refractivity contribution in [2.24, 2.45) is 5.14 Å². The molecule has 1 amide bonds. The lowest BCUT2D eigenvalue weighted by Gasteiger charge is -2.09. The first-order chi connectivity index (χ1) is 12.3. The quantitative estimate of drug-likeness (QED) is 0.744. The molecule has 0 atom stereocenters. The predicted molar refractivity (Wildman–Crippen MR) is 99.5 cm³/mol. The number of benzene rings is 1. The molecular weight excluding hydrogens is 374 g/mol. The van der Waals surface area contributed by atoms with E-state index < -0.39 is 10.0 Å². The molecule has 1 aromatic heterocycles. The Morgan fingerprint density at radius 2 is 2.12 bits per heavy atom. The zero-order valence-electron chi connectivity index (χ0n) is 14.4. The lowest BCUT2D eigenvalue weighted by molar-refractivity contribution is -0.113. The summed E-state index contributed by atoms with van der Waals surface area (Å²) in [5.41, 5.74) is 0.927. The summed E-state index contributed by atoms with van der Waals surface area (Å²) in [7, 11) is -3.83. The molecule has 0 spiro atoms. The van der Waals surface area contributed by atoms with Crippen molar-refractivity contribution in [3.63, 3.8) is 0 Å². The number of carbonyl (C=O) groups is 1. The second-order valence-corrected chi connectivity index (χ2v) is 8.70. The third-order valence-electron chi connectivity index (χ3n) is 4.19. The second-order valence-electron chi connectivity index (χ2n) is 6.22. The van der Waals surface area contributed by atoms with Crippen LogP contribution in [0.5, 0.6) is 0 Å². The molecule has 140 valence electrons. The van der Waals surface area contributed by atoms with Gasteiger partial charge in [-0.1, -0.05) is 24.2 Å². The van der Waals surface area contributed by atoms with Crippen molar-refractivity contribution in [3.05, 3.63) is 29.6 Å². The number of nitrogens with two attached hydrogens (primary N) is 1. The van der Waals surface area contributed by atoms with Crippen molar-refractivity contribution in [2.45, 2.75) is 49.2 Å². The van der Waals surface area contributed by atoms with Crippen molar-refractivity contribution >= 4 is 33.4 Å². The average Bonchev–Trinajstić information content (AvgIpc) is 2.80. The molecule has 1 aromatic carbocycles. The van der Waals surface area contributed by atoms with Gasteiger partial charge in [-0.2, -0.15) is 0 Å². The second kappa shape index (κ2) is 7.77. The van der Waals surface area contributed by atoms with Crippen LogP contribution in [0.3, 0.4) is 0 Å². The number of thioether (sulfide) groups is 1. The van der Waals surface area contributed by atoms with Crippen LogP contribution in [0.25, 0.3) is 0 Å². The molecule has 0 aliphatic carbocycles. The summed E-state index contributed by atoms with van der Waals surface area (Å²) in [6.07, 6.45) is 4.29. The maximum Gasteiger partial charge on any atom is 0.238 e. The summed E-state index contributed by atoms with van der Waals surface area (Å²) in [6.45, 7) is 2.53. The third-order valence-corrected chi connectivity index (χ3v) is 6.21. The molecule has 8 nitrogen and oxygen atoms in total. The van der Waals surface area contributed by atoms with E-state index in [9.17, 15) is 13.2 Å². The van der Waals surface area contributed by atoms with Crippen LogP contribution in [0.4, 0.5) is 5.69 Å². The molecule has 10 heteroatoms. The van der Waals surface area contributed by atoms with Crippen molar-refractivity contribution in [3.8, 4) is 0 Å². The van der Waals surface area contributed by atoms with E-state index in [-0.39, 0.29) is 16.6 Å². The normalized spacial score (nSPS) is 14.5. The lowest BCUT2D eigenvalue weighted by atomic mass is 10.2. The Kier molecular flexibility index (Phi) is 5.64. The largest absolute Gasteiger partial charge is 0.325 e. The monoisotopic (exact) mass is 395 g/mol. The number of carbonyl (C=O) groups excluding carboxylic acids is 1. The molecule has 1 aliphatic heterocycles. The number of aryl methyl sites for hydroxylation is 2. The van der Waals surface area contributed by atoms with Gasteiger partial charge in [0, 0.05) is 18.7 Å². The molecule has 2 heterocycles. The van der Waals surface area contributed by atoms with E-state index in [0.717, 1.165) is 36.8 Å². The number of fused-ring (bicyclic) bond motifs is 1. The number of anilines is 1. The first kappa shape index (κ1) is 18.9.